The number of nitrogens with zero attached hydrogens (tertiary/aromatic N) is 4. The third kappa shape index (κ3) is 1.71. The monoisotopic (exact) mass is 189 g/mol. The Balaban J connectivity index is 2.31. The first-order valence-electron chi connectivity index (χ1n) is 4.44. The highest BCUT2D eigenvalue weighted by Crippen LogP contribution is 2.07. The zero-order valence-electron chi connectivity index (χ0n) is 7.88. The van der Waals surface area contributed by atoms with E-state index in [1.807, 2.05) is 23.8 Å². The molecule has 5 nitrogen and oxygen atoms in total. The van der Waals surface area contributed by atoms with Gasteiger partial charge in [0.15, 0.2) is 0 Å². The molecule has 5 heteroatoms. The second-order valence-electron chi connectivity index (χ2n) is 2.76. The molecule has 2 rings (SSSR count). The lowest BCUT2D eigenvalue weighted by molar-refractivity contribution is 0.967. The molecule has 0 aromatic carbocycles. The molecule has 1 N–H and O–H groups in total. The SMILES string of the molecule is CCNc1cc(-n2ccnc2)ncn1. The molecule has 0 spiro atoms. The summed E-state index contributed by atoms with van der Waals surface area (Å²) in [5.74, 6) is 1.64. The first-order valence-corrected chi connectivity index (χ1v) is 4.44. The maximum atomic E-state index is 4.14. The first kappa shape index (κ1) is 8.68. The summed E-state index contributed by atoms with van der Waals surface area (Å²) in [5.41, 5.74) is 0. The Kier molecular flexibility index (Phi) is 2.40. The van der Waals surface area contributed by atoms with Gasteiger partial charge in [0.2, 0.25) is 0 Å². The predicted molar refractivity (Wildman–Crippen MR) is 53.3 cm³/mol. The second kappa shape index (κ2) is 3.87. The van der Waals surface area contributed by atoms with Gasteiger partial charge < -0.3 is 5.32 Å². The molecule has 72 valence electrons. The van der Waals surface area contributed by atoms with Crippen LogP contribution in [0, 0.1) is 0 Å². The molecule has 0 fully saturated rings. The fraction of sp³-hybridized carbons (Fsp3) is 0.222. The minimum atomic E-state index is 0.813. The zero-order valence-corrected chi connectivity index (χ0v) is 7.88. The minimum absolute atomic E-state index is 0.813. The fourth-order valence-corrected chi connectivity index (χ4v) is 1.16. The van der Waals surface area contributed by atoms with Gasteiger partial charge in [-0.1, -0.05) is 0 Å². The number of rotatable bonds is 3. The molecular formula is C9H11N5. The van der Waals surface area contributed by atoms with Crippen LogP contribution in [0.15, 0.2) is 31.1 Å². The Labute approximate surface area is 81.8 Å². The average Bonchev–Trinajstić information content (AvgIpc) is 2.71. The lowest BCUT2D eigenvalue weighted by Gasteiger charge is -2.04. The van der Waals surface area contributed by atoms with Crippen molar-refractivity contribution in [3.8, 4) is 5.82 Å². The van der Waals surface area contributed by atoms with E-state index >= 15 is 0 Å². The number of imidazole rings is 1. The summed E-state index contributed by atoms with van der Waals surface area (Å²) in [7, 11) is 0. The highest BCUT2D eigenvalue weighted by atomic mass is 15.1. The van der Waals surface area contributed by atoms with E-state index in [1.54, 1.807) is 12.5 Å². The number of hydrogen-bond donors (Lipinski definition) is 1. The molecule has 0 amide bonds. The van der Waals surface area contributed by atoms with Crippen molar-refractivity contribution in [3.05, 3.63) is 31.1 Å². The molecule has 0 radical (unpaired) electrons. The molecule has 0 atom stereocenters. The number of hydrogen-bond acceptors (Lipinski definition) is 4. The molecule has 0 bridgehead atoms. The first-order chi connectivity index (χ1) is 6.90. The van der Waals surface area contributed by atoms with Crippen molar-refractivity contribution in [2.24, 2.45) is 0 Å². The molecule has 2 aromatic heterocycles. The molecule has 0 saturated heterocycles. The standard InChI is InChI=1S/C9H11N5/c1-2-11-8-5-9(13-6-12-8)14-4-3-10-7-14/h3-7H,2H2,1H3,(H,11,12,13). The van der Waals surface area contributed by atoms with Crippen LogP contribution in [0.1, 0.15) is 6.92 Å². The topological polar surface area (TPSA) is 55.6 Å². The number of anilines is 1. The lowest BCUT2D eigenvalue weighted by Crippen LogP contribution is -2.02. The van der Waals surface area contributed by atoms with E-state index in [1.165, 1.54) is 6.33 Å². The summed E-state index contributed by atoms with van der Waals surface area (Å²) in [6, 6.07) is 1.88. The van der Waals surface area contributed by atoms with Gasteiger partial charge in [0, 0.05) is 25.0 Å². The molecule has 0 aliphatic heterocycles. The van der Waals surface area contributed by atoms with Crippen LogP contribution < -0.4 is 5.32 Å². The van der Waals surface area contributed by atoms with Gasteiger partial charge in [-0.2, -0.15) is 0 Å². The Bertz CT molecular complexity index is 395. The quantitative estimate of drug-likeness (QED) is 0.785. The maximum Gasteiger partial charge on any atom is 0.143 e. The van der Waals surface area contributed by atoms with Crippen molar-refractivity contribution in [2.75, 3.05) is 11.9 Å². The third-order valence-electron chi connectivity index (χ3n) is 1.78. The molecule has 0 saturated carbocycles. The normalized spacial score (nSPS) is 10.1. The van der Waals surface area contributed by atoms with E-state index in [0.29, 0.717) is 0 Å². The summed E-state index contributed by atoms with van der Waals surface area (Å²) in [6.07, 6.45) is 6.80. The molecule has 0 aliphatic rings. The van der Waals surface area contributed by atoms with Gasteiger partial charge >= 0.3 is 0 Å². The van der Waals surface area contributed by atoms with Crippen LogP contribution in [-0.4, -0.2) is 26.1 Å². The van der Waals surface area contributed by atoms with Gasteiger partial charge in [0.1, 0.15) is 24.3 Å². The lowest BCUT2D eigenvalue weighted by atomic mass is 10.5. The number of nitrogens with one attached hydrogen (secondary N) is 1. The minimum Gasteiger partial charge on any atom is -0.370 e. The zero-order chi connectivity index (χ0) is 9.80. The summed E-state index contributed by atoms with van der Waals surface area (Å²) in [5, 5.41) is 3.12. The molecule has 0 unspecified atom stereocenters. The second-order valence-corrected chi connectivity index (χ2v) is 2.76. The van der Waals surface area contributed by atoms with E-state index in [-0.39, 0.29) is 0 Å². The van der Waals surface area contributed by atoms with Crippen LogP contribution in [-0.2, 0) is 0 Å². The maximum absolute atomic E-state index is 4.14. The van der Waals surface area contributed by atoms with Crippen LogP contribution in [0.25, 0.3) is 5.82 Å². The predicted octanol–water partition coefficient (Wildman–Crippen LogP) is 1.09. The van der Waals surface area contributed by atoms with Crippen molar-refractivity contribution in [1.29, 1.82) is 0 Å². The Morgan fingerprint density at radius 3 is 3.07 bits per heavy atom. The highest BCUT2D eigenvalue weighted by molar-refractivity contribution is 5.40. The summed E-state index contributed by atoms with van der Waals surface area (Å²) in [4.78, 5) is 12.2. The van der Waals surface area contributed by atoms with E-state index < -0.39 is 0 Å². The fourth-order valence-electron chi connectivity index (χ4n) is 1.16. The summed E-state index contributed by atoms with van der Waals surface area (Å²) < 4.78 is 1.84. The van der Waals surface area contributed by atoms with Gasteiger partial charge in [0.05, 0.1) is 0 Å². The van der Waals surface area contributed by atoms with Crippen molar-refractivity contribution >= 4 is 5.82 Å². The van der Waals surface area contributed by atoms with Crippen LogP contribution >= 0.6 is 0 Å². The van der Waals surface area contributed by atoms with Crippen LogP contribution in [0.4, 0.5) is 5.82 Å². The highest BCUT2D eigenvalue weighted by Gasteiger charge is 1.98. The van der Waals surface area contributed by atoms with E-state index in [9.17, 15) is 0 Å². The van der Waals surface area contributed by atoms with Crippen molar-refractivity contribution < 1.29 is 0 Å². The van der Waals surface area contributed by atoms with Crippen molar-refractivity contribution in [1.82, 2.24) is 19.5 Å². The summed E-state index contributed by atoms with van der Waals surface area (Å²) in [6.45, 7) is 2.87. The van der Waals surface area contributed by atoms with Gasteiger partial charge in [-0.05, 0) is 6.92 Å². The van der Waals surface area contributed by atoms with Crippen LogP contribution in [0.2, 0.25) is 0 Å². The average molecular weight is 189 g/mol. The third-order valence-corrected chi connectivity index (χ3v) is 1.78. The van der Waals surface area contributed by atoms with Gasteiger partial charge in [-0.25, -0.2) is 15.0 Å². The molecule has 0 aliphatic carbocycles. The van der Waals surface area contributed by atoms with E-state index in [2.05, 4.69) is 20.3 Å². The van der Waals surface area contributed by atoms with Crippen LogP contribution in [0.3, 0.4) is 0 Å². The van der Waals surface area contributed by atoms with E-state index in [4.69, 9.17) is 0 Å². The largest absolute Gasteiger partial charge is 0.370 e. The Morgan fingerprint density at radius 1 is 1.43 bits per heavy atom. The molecule has 2 aromatic rings. The Hall–Kier alpha value is -1.91. The molecule has 14 heavy (non-hydrogen) atoms. The number of aromatic nitrogens is 4. The Morgan fingerprint density at radius 2 is 2.36 bits per heavy atom. The van der Waals surface area contributed by atoms with Gasteiger partial charge in [-0.15, -0.1) is 0 Å². The molecule has 2 heterocycles. The van der Waals surface area contributed by atoms with Gasteiger partial charge in [-0.3, -0.25) is 4.57 Å². The van der Waals surface area contributed by atoms with Crippen molar-refractivity contribution in [3.63, 3.8) is 0 Å². The van der Waals surface area contributed by atoms with Crippen molar-refractivity contribution in [2.45, 2.75) is 6.92 Å². The van der Waals surface area contributed by atoms with Gasteiger partial charge in [0.25, 0.3) is 0 Å². The summed E-state index contributed by atoms with van der Waals surface area (Å²) >= 11 is 0. The molecular weight excluding hydrogens is 178 g/mol. The van der Waals surface area contributed by atoms with E-state index in [0.717, 1.165) is 18.2 Å². The smallest absolute Gasteiger partial charge is 0.143 e. The van der Waals surface area contributed by atoms with Crippen LogP contribution in [0.5, 0.6) is 0 Å².